The second kappa shape index (κ2) is 7.23. The van der Waals surface area contributed by atoms with E-state index in [2.05, 4.69) is 38.0 Å². The van der Waals surface area contributed by atoms with Crippen LogP contribution in [0.15, 0.2) is 18.2 Å². The molecular weight excluding hydrogens is 310 g/mol. The van der Waals surface area contributed by atoms with Crippen molar-refractivity contribution in [3.05, 3.63) is 28.2 Å². The highest BCUT2D eigenvalue weighted by atomic mass is 32.1. The summed E-state index contributed by atoms with van der Waals surface area (Å²) in [5.74, 6) is 1.69. The third-order valence-electron chi connectivity index (χ3n) is 4.09. The molecule has 1 aliphatic rings. The predicted molar refractivity (Wildman–Crippen MR) is 92.3 cm³/mol. The van der Waals surface area contributed by atoms with E-state index < -0.39 is 0 Å². The Morgan fingerprint density at radius 3 is 2.65 bits per heavy atom. The van der Waals surface area contributed by atoms with Crippen LogP contribution in [0.4, 0.5) is 5.82 Å². The minimum absolute atomic E-state index is 0.325. The summed E-state index contributed by atoms with van der Waals surface area (Å²) in [5, 5.41) is 10.5. The van der Waals surface area contributed by atoms with E-state index in [-0.39, 0.29) is 0 Å². The van der Waals surface area contributed by atoms with E-state index in [4.69, 9.17) is 4.74 Å². The molecule has 0 bridgehead atoms. The minimum Gasteiger partial charge on any atom is -0.478 e. The molecule has 2 aromatic rings. The molecule has 0 radical (unpaired) electrons. The van der Waals surface area contributed by atoms with E-state index in [1.54, 1.807) is 11.3 Å². The number of rotatable bonds is 5. The molecular formula is C16H23N5OS. The number of aromatic nitrogens is 3. The monoisotopic (exact) mass is 333 g/mol. The van der Waals surface area contributed by atoms with Crippen molar-refractivity contribution in [3.8, 4) is 5.88 Å². The van der Waals surface area contributed by atoms with Crippen molar-refractivity contribution < 1.29 is 4.74 Å². The summed E-state index contributed by atoms with van der Waals surface area (Å²) in [4.78, 5) is 9.36. The van der Waals surface area contributed by atoms with Gasteiger partial charge in [0.2, 0.25) is 5.88 Å². The topological polar surface area (TPSA) is 54.4 Å². The first-order chi connectivity index (χ1) is 11.2. The number of nitrogens with zero attached hydrogens (tertiary/aromatic N) is 5. The van der Waals surface area contributed by atoms with Crippen molar-refractivity contribution in [1.29, 1.82) is 0 Å². The highest BCUT2D eigenvalue weighted by molar-refractivity contribution is 7.11. The largest absolute Gasteiger partial charge is 0.478 e. The maximum atomic E-state index is 5.49. The molecule has 1 fully saturated rings. The number of piperazine rings is 1. The first-order valence-electron chi connectivity index (χ1n) is 8.06. The number of aryl methyl sites for hydroxylation is 1. The zero-order chi connectivity index (χ0) is 16.2. The van der Waals surface area contributed by atoms with Crippen molar-refractivity contribution in [1.82, 2.24) is 20.1 Å². The van der Waals surface area contributed by atoms with Gasteiger partial charge in [0.15, 0.2) is 0 Å². The summed E-state index contributed by atoms with van der Waals surface area (Å²) in [6.07, 6.45) is 0. The van der Waals surface area contributed by atoms with Gasteiger partial charge in [0, 0.05) is 32.2 Å². The standard InChI is InChI=1S/C16H23N5OS/c1-4-22-15-7-5-6-14(17-15)21-10-8-20(9-11-21)12(2)16-19-18-13(3)23-16/h5-7,12H,4,8-11H2,1-3H3. The summed E-state index contributed by atoms with van der Waals surface area (Å²) in [5.41, 5.74) is 0. The van der Waals surface area contributed by atoms with Crippen LogP contribution in [0.1, 0.15) is 29.9 Å². The Morgan fingerprint density at radius 1 is 1.22 bits per heavy atom. The van der Waals surface area contributed by atoms with Gasteiger partial charge in [-0.3, -0.25) is 4.90 Å². The molecule has 2 aromatic heterocycles. The van der Waals surface area contributed by atoms with Crippen molar-refractivity contribution in [2.24, 2.45) is 0 Å². The van der Waals surface area contributed by atoms with Crippen molar-refractivity contribution >= 4 is 17.2 Å². The first kappa shape index (κ1) is 16.1. The molecule has 3 heterocycles. The van der Waals surface area contributed by atoms with Crippen LogP contribution in [-0.4, -0.2) is 52.9 Å². The molecule has 0 saturated carbocycles. The molecule has 1 unspecified atom stereocenters. The van der Waals surface area contributed by atoms with E-state index in [1.807, 2.05) is 26.0 Å². The van der Waals surface area contributed by atoms with Crippen LogP contribution >= 0.6 is 11.3 Å². The van der Waals surface area contributed by atoms with Gasteiger partial charge in [-0.15, -0.1) is 21.5 Å². The molecule has 0 N–H and O–H groups in total. The van der Waals surface area contributed by atoms with Gasteiger partial charge < -0.3 is 9.64 Å². The van der Waals surface area contributed by atoms with Gasteiger partial charge in [0.1, 0.15) is 15.8 Å². The molecule has 1 atom stereocenters. The Labute approximate surface area is 141 Å². The van der Waals surface area contributed by atoms with Gasteiger partial charge in [-0.05, 0) is 26.8 Å². The molecule has 6 nitrogen and oxygen atoms in total. The summed E-state index contributed by atoms with van der Waals surface area (Å²) in [7, 11) is 0. The lowest BCUT2D eigenvalue weighted by Gasteiger charge is -2.37. The van der Waals surface area contributed by atoms with Crippen LogP contribution in [0, 0.1) is 6.92 Å². The Bertz CT molecular complexity index is 639. The Balaban J connectivity index is 1.61. The van der Waals surface area contributed by atoms with Gasteiger partial charge in [-0.2, -0.15) is 4.98 Å². The number of pyridine rings is 1. The molecule has 23 heavy (non-hydrogen) atoms. The third-order valence-corrected chi connectivity index (χ3v) is 5.10. The average molecular weight is 333 g/mol. The maximum absolute atomic E-state index is 5.49. The molecule has 0 aliphatic carbocycles. The van der Waals surface area contributed by atoms with Gasteiger partial charge in [0.05, 0.1) is 12.6 Å². The van der Waals surface area contributed by atoms with E-state index in [0.717, 1.165) is 42.0 Å². The zero-order valence-electron chi connectivity index (χ0n) is 13.9. The van der Waals surface area contributed by atoms with Crippen LogP contribution in [0.5, 0.6) is 5.88 Å². The lowest BCUT2D eigenvalue weighted by atomic mass is 10.2. The molecule has 0 amide bonds. The summed E-state index contributed by atoms with van der Waals surface area (Å²) in [6, 6.07) is 6.29. The molecule has 0 aromatic carbocycles. The molecule has 1 aliphatic heterocycles. The highest BCUT2D eigenvalue weighted by Gasteiger charge is 2.24. The number of hydrogen-bond acceptors (Lipinski definition) is 7. The van der Waals surface area contributed by atoms with Gasteiger partial charge >= 0.3 is 0 Å². The quantitative estimate of drug-likeness (QED) is 0.838. The fourth-order valence-electron chi connectivity index (χ4n) is 2.78. The van der Waals surface area contributed by atoms with Crippen molar-refractivity contribution in [3.63, 3.8) is 0 Å². The van der Waals surface area contributed by atoms with Gasteiger partial charge in [-0.25, -0.2) is 0 Å². The van der Waals surface area contributed by atoms with E-state index in [1.165, 1.54) is 0 Å². The fourth-order valence-corrected chi connectivity index (χ4v) is 3.57. The van der Waals surface area contributed by atoms with Crippen LogP contribution in [0.2, 0.25) is 0 Å². The Kier molecular flexibility index (Phi) is 5.07. The molecule has 0 spiro atoms. The fraction of sp³-hybridized carbons (Fsp3) is 0.562. The molecule has 3 rings (SSSR count). The summed E-state index contributed by atoms with van der Waals surface area (Å²) < 4.78 is 5.49. The highest BCUT2D eigenvalue weighted by Crippen LogP contribution is 2.25. The smallest absolute Gasteiger partial charge is 0.215 e. The van der Waals surface area contributed by atoms with Crippen LogP contribution in [-0.2, 0) is 0 Å². The average Bonchev–Trinajstić information content (AvgIpc) is 3.01. The molecule has 124 valence electrons. The SMILES string of the molecule is CCOc1cccc(N2CCN(C(C)c3nnc(C)s3)CC2)n1. The summed E-state index contributed by atoms with van der Waals surface area (Å²) >= 11 is 1.69. The normalized spacial score (nSPS) is 17.3. The zero-order valence-corrected chi connectivity index (χ0v) is 14.7. The van der Waals surface area contributed by atoms with Crippen molar-refractivity contribution in [2.75, 3.05) is 37.7 Å². The van der Waals surface area contributed by atoms with Crippen LogP contribution in [0.25, 0.3) is 0 Å². The minimum atomic E-state index is 0.325. The van der Waals surface area contributed by atoms with E-state index >= 15 is 0 Å². The van der Waals surface area contributed by atoms with E-state index in [0.29, 0.717) is 18.5 Å². The first-order valence-corrected chi connectivity index (χ1v) is 8.88. The van der Waals surface area contributed by atoms with Gasteiger partial charge in [0.25, 0.3) is 0 Å². The number of hydrogen-bond donors (Lipinski definition) is 0. The molecule has 7 heteroatoms. The Morgan fingerprint density at radius 2 is 2.00 bits per heavy atom. The van der Waals surface area contributed by atoms with E-state index in [9.17, 15) is 0 Å². The third kappa shape index (κ3) is 3.79. The van der Waals surface area contributed by atoms with Gasteiger partial charge in [-0.1, -0.05) is 6.07 Å². The predicted octanol–water partition coefficient (Wildman–Crippen LogP) is 2.52. The number of ether oxygens (including phenoxy) is 1. The lowest BCUT2D eigenvalue weighted by Crippen LogP contribution is -2.47. The second-order valence-corrected chi connectivity index (χ2v) is 6.84. The summed E-state index contributed by atoms with van der Waals surface area (Å²) in [6.45, 7) is 10.8. The lowest BCUT2D eigenvalue weighted by molar-refractivity contribution is 0.197. The van der Waals surface area contributed by atoms with Crippen LogP contribution < -0.4 is 9.64 Å². The molecule has 1 saturated heterocycles. The van der Waals surface area contributed by atoms with Crippen LogP contribution in [0.3, 0.4) is 0 Å². The maximum Gasteiger partial charge on any atom is 0.215 e. The Hall–Kier alpha value is -1.73. The second-order valence-electron chi connectivity index (χ2n) is 5.63. The van der Waals surface area contributed by atoms with Crippen molar-refractivity contribution in [2.45, 2.75) is 26.8 Å². The number of anilines is 1.